The third-order valence-corrected chi connectivity index (χ3v) is 2.21. The van der Waals surface area contributed by atoms with Gasteiger partial charge in [-0.05, 0) is 13.3 Å². The average molecular weight is 188 g/mol. The standard InChI is InChI=1S/C9H16O4/c1-6(11-3)8-4-5-9(13-8)12-7(2)10/h6,8-9H,4-5H2,1-3H3/t6?,8-,9?/m0/s1. The minimum absolute atomic E-state index is 0.0503. The summed E-state index contributed by atoms with van der Waals surface area (Å²) in [5, 5.41) is 0. The molecule has 0 aromatic carbocycles. The number of esters is 1. The SMILES string of the molecule is COC(C)[C@@H]1CCC(OC(C)=O)O1. The Morgan fingerprint density at radius 3 is 2.77 bits per heavy atom. The summed E-state index contributed by atoms with van der Waals surface area (Å²) in [5.74, 6) is -0.296. The van der Waals surface area contributed by atoms with Gasteiger partial charge in [0.15, 0.2) is 0 Å². The number of carbonyl (C=O) groups excluding carboxylic acids is 1. The number of ether oxygens (including phenoxy) is 3. The monoisotopic (exact) mass is 188 g/mol. The van der Waals surface area contributed by atoms with Gasteiger partial charge in [-0.25, -0.2) is 0 Å². The van der Waals surface area contributed by atoms with Crippen LogP contribution in [0.25, 0.3) is 0 Å². The second-order valence-electron chi connectivity index (χ2n) is 3.23. The van der Waals surface area contributed by atoms with Gasteiger partial charge in [0.1, 0.15) is 0 Å². The van der Waals surface area contributed by atoms with Crippen LogP contribution in [0, 0.1) is 0 Å². The maximum atomic E-state index is 10.6. The first kappa shape index (κ1) is 10.5. The first-order valence-electron chi connectivity index (χ1n) is 4.49. The summed E-state index contributed by atoms with van der Waals surface area (Å²) in [6.07, 6.45) is 1.38. The van der Waals surface area contributed by atoms with E-state index in [0.717, 1.165) is 12.8 Å². The van der Waals surface area contributed by atoms with Crippen LogP contribution in [-0.2, 0) is 19.0 Å². The van der Waals surface area contributed by atoms with Crippen LogP contribution in [0.5, 0.6) is 0 Å². The molecule has 13 heavy (non-hydrogen) atoms. The second kappa shape index (κ2) is 4.58. The van der Waals surface area contributed by atoms with E-state index in [2.05, 4.69) is 0 Å². The molecule has 1 aliphatic heterocycles. The Hall–Kier alpha value is -0.610. The largest absolute Gasteiger partial charge is 0.436 e. The fourth-order valence-corrected chi connectivity index (χ4v) is 1.40. The lowest BCUT2D eigenvalue weighted by Gasteiger charge is -2.18. The fraction of sp³-hybridized carbons (Fsp3) is 0.889. The lowest BCUT2D eigenvalue weighted by Crippen LogP contribution is -2.26. The fourth-order valence-electron chi connectivity index (χ4n) is 1.40. The highest BCUT2D eigenvalue weighted by molar-refractivity contribution is 5.66. The summed E-state index contributed by atoms with van der Waals surface area (Å²) < 4.78 is 15.5. The number of carbonyl (C=O) groups is 1. The zero-order valence-corrected chi connectivity index (χ0v) is 8.28. The molecular weight excluding hydrogens is 172 g/mol. The molecule has 1 aliphatic rings. The van der Waals surface area contributed by atoms with E-state index >= 15 is 0 Å². The summed E-state index contributed by atoms with van der Waals surface area (Å²) in [7, 11) is 1.65. The van der Waals surface area contributed by atoms with E-state index in [-0.39, 0.29) is 24.5 Å². The van der Waals surface area contributed by atoms with E-state index in [9.17, 15) is 4.79 Å². The van der Waals surface area contributed by atoms with Crippen molar-refractivity contribution >= 4 is 5.97 Å². The smallest absolute Gasteiger partial charge is 0.304 e. The highest BCUT2D eigenvalue weighted by atomic mass is 16.7. The van der Waals surface area contributed by atoms with Crippen LogP contribution in [0.3, 0.4) is 0 Å². The van der Waals surface area contributed by atoms with Gasteiger partial charge >= 0.3 is 5.97 Å². The van der Waals surface area contributed by atoms with Crippen LogP contribution in [0.1, 0.15) is 26.7 Å². The van der Waals surface area contributed by atoms with E-state index < -0.39 is 0 Å². The van der Waals surface area contributed by atoms with Gasteiger partial charge in [0.25, 0.3) is 0 Å². The molecule has 1 rings (SSSR count). The molecule has 0 aliphatic carbocycles. The van der Waals surface area contributed by atoms with Crippen molar-refractivity contribution < 1.29 is 19.0 Å². The van der Waals surface area contributed by atoms with Crippen LogP contribution in [0.4, 0.5) is 0 Å². The Bertz CT molecular complexity index is 180. The van der Waals surface area contributed by atoms with Gasteiger partial charge in [-0.2, -0.15) is 0 Å². The number of rotatable bonds is 3. The molecule has 0 aromatic rings. The van der Waals surface area contributed by atoms with Crippen molar-refractivity contribution in [1.29, 1.82) is 0 Å². The van der Waals surface area contributed by atoms with E-state index in [1.54, 1.807) is 7.11 Å². The molecule has 0 aromatic heterocycles. The highest BCUT2D eigenvalue weighted by Crippen LogP contribution is 2.23. The Morgan fingerprint density at radius 2 is 2.23 bits per heavy atom. The summed E-state index contributed by atoms with van der Waals surface area (Å²) in [4.78, 5) is 10.6. The molecule has 0 amide bonds. The summed E-state index contributed by atoms with van der Waals surface area (Å²) in [5.41, 5.74) is 0. The van der Waals surface area contributed by atoms with Gasteiger partial charge in [-0.1, -0.05) is 0 Å². The molecule has 0 saturated carbocycles. The van der Waals surface area contributed by atoms with Crippen LogP contribution in [0.2, 0.25) is 0 Å². The van der Waals surface area contributed by atoms with Crippen molar-refractivity contribution in [3.63, 3.8) is 0 Å². The van der Waals surface area contributed by atoms with Crippen molar-refractivity contribution in [3.8, 4) is 0 Å². The zero-order valence-electron chi connectivity index (χ0n) is 8.28. The number of methoxy groups -OCH3 is 1. The van der Waals surface area contributed by atoms with Crippen LogP contribution >= 0.6 is 0 Å². The molecular formula is C9H16O4. The van der Waals surface area contributed by atoms with Gasteiger partial charge in [-0.3, -0.25) is 4.79 Å². The van der Waals surface area contributed by atoms with E-state index in [4.69, 9.17) is 14.2 Å². The topological polar surface area (TPSA) is 44.8 Å². The third kappa shape index (κ3) is 2.97. The number of hydrogen-bond acceptors (Lipinski definition) is 4. The Kier molecular flexibility index (Phi) is 3.69. The first-order valence-corrected chi connectivity index (χ1v) is 4.49. The zero-order chi connectivity index (χ0) is 9.84. The predicted molar refractivity (Wildman–Crippen MR) is 46.1 cm³/mol. The Balaban J connectivity index is 2.31. The van der Waals surface area contributed by atoms with E-state index in [0.29, 0.717) is 0 Å². The molecule has 0 radical (unpaired) electrons. The van der Waals surface area contributed by atoms with Crippen molar-refractivity contribution in [2.45, 2.75) is 45.2 Å². The van der Waals surface area contributed by atoms with Gasteiger partial charge in [0, 0.05) is 20.5 Å². The van der Waals surface area contributed by atoms with Crippen molar-refractivity contribution in [2.24, 2.45) is 0 Å². The molecule has 1 fully saturated rings. The van der Waals surface area contributed by atoms with Crippen molar-refractivity contribution in [2.75, 3.05) is 7.11 Å². The van der Waals surface area contributed by atoms with Gasteiger partial charge in [0.05, 0.1) is 12.2 Å². The van der Waals surface area contributed by atoms with Crippen molar-refractivity contribution in [1.82, 2.24) is 0 Å². The molecule has 1 heterocycles. The molecule has 4 heteroatoms. The maximum absolute atomic E-state index is 10.6. The lowest BCUT2D eigenvalue weighted by atomic mass is 10.1. The third-order valence-electron chi connectivity index (χ3n) is 2.21. The molecule has 1 saturated heterocycles. The van der Waals surface area contributed by atoms with Crippen LogP contribution in [-0.4, -0.2) is 31.6 Å². The Morgan fingerprint density at radius 1 is 1.54 bits per heavy atom. The summed E-state index contributed by atoms with van der Waals surface area (Å²) in [6, 6.07) is 0. The molecule has 0 bridgehead atoms. The Labute approximate surface area is 78.2 Å². The molecule has 4 nitrogen and oxygen atoms in total. The van der Waals surface area contributed by atoms with Crippen LogP contribution < -0.4 is 0 Å². The highest BCUT2D eigenvalue weighted by Gasteiger charge is 2.31. The summed E-state index contributed by atoms with van der Waals surface area (Å²) >= 11 is 0. The first-order chi connectivity index (χ1) is 6.13. The number of hydrogen-bond donors (Lipinski definition) is 0. The molecule has 0 spiro atoms. The quantitative estimate of drug-likeness (QED) is 0.622. The molecule has 0 N–H and O–H groups in total. The minimum Gasteiger partial charge on any atom is -0.436 e. The van der Waals surface area contributed by atoms with Crippen molar-refractivity contribution in [3.05, 3.63) is 0 Å². The molecule has 2 unspecified atom stereocenters. The average Bonchev–Trinajstić information content (AvgIpc) is 2.50. The second-order valence-corrected chi connectivity index (χ2v) is 3.23. The summed E-state index contributed by atoms with van der Waals surface area (Å²) in [6.45, 7) is 3.33. The lowest BCUT2D eigenvalue weighted by molar-refractivity contribution is -0.179. The van der Waals surface area contributed by atoms with Gasteiger partial charge in [0.2, 0.25) is 6.29 Å². The normalized spacial score (nSPS) is 30.1. The van der Waals surface area contributed by atoms with E-state index in [1.807, 2.05) is 6.92 Å². The van der Waals surface area contributed by atoms with Gasteiger partial charge in [-0.15, -0.1) is 0 Å². The molecule has 76 valence electrons. The van der Waals surface area contributed by atoms with Gasteiger partial charge < -0.3 is 14.2 Å². The molecule has 3 atom stereocenters. The van der Waals surface area contributed by atoms with Crippen LogP contribution in [0.15, 0.2) is 0 Å². The van der Waals surface area contributed by atoms with E-state index in [1.165, 1.54) is 6.92 Å². The predicted octanol–water partition coefficient (Wildman–Crippen LogP) is 1.09. The minimum atomic E-state index is -0.375. The maximum Gasteiger partial charge on any atom is 0.304 e.